The molecule has 1 aliphatic carbocycles. The molecule has 3 rings (SSSR count). The van der Waals surface area contributed by atoms with Gasteiger partial charge in [-0.25, -0.2) is 0 Å². The molecule has 1 N–H and O–H groups in total. The minimum atomic E-state index is -0.0936. The van der Waals surface area contributed by atoms with E-state index in [1.807, 2.05) is 13.1 Å². The van der Waals surface area contributed by atoms with Crippen LogP contribution in [-0.4, -0.2) is 59.0 Å². The number of nitrogens with one attached hydrogen (secondary N) is 1. The van der Waals surface area contributed by atoms with Crippen LogP contribution in [0.5, 0.6) is 0 Å². The number of carbonyl (C=O) groups excluding carboxylic acids is 1. The lowest BCUT2D eigenvalue weighted by Gasteiger charge is -2.37. The first-order valence-corrected chi connectivity index (χ1v) is 9.27. The monoisotopic (exact) mass is 334 g/mol. The Morgan fingerprint density at radius 1 is 1.33 bits per heavy atom. The highest BCUT2D eigenvalue weighted by Crippen LogP contribution is 2.31. The van der Waals surface area contributed by atoms with Gasteiger partial charge in [-0.1, -0.05) is 26.2 Å². The van der Waals surface area contributed by atoms with Crippen molar-refractivity contribution in [3.05, 3.63) is 17.5 Å². The predicted octanol–water partition coefficient (Wildman–Crippen LogP) is 1.75. The van der Waals surface area contributed by atoms with Crippen LogP contribution in [0.1, 0.15) is 55.2 Å². The average Bonchev–Trinajstić information content (AvgIpc) is 3.16. The van der Waals surface area contributed by atoms with Gasteiger partial charge in [0.05, 0.1) is 24.4 Å². The fourth-order valence-corrected chi connectivity index (χ4v) is 3.98. The number of carbonyl (C=O) groups is 1. The van der Waals surface area contributed by atoms with Crippen LogP contribution in [-0.2, 0) is 18.2 Å². The number of hydrogen-bond donors (Lipinski definition) is 1. The molecule has 6 heteroatoms. The van der Waals surface area contributed by atoms with Crippen molar-refractivity contribution in [1.82, 2.24) is 20.0 Å². The van der Waals surface area contributed by atoms with Crippen molar-refractivity contribution in [2.24, 2.45) is 7.05 Å². The summed E-state index contributed by atoms with van der Waals surface area (Å²) in [5.41, 5.74) is 1.58. The molecule has 0 spiro atoms. The minimum absolute atomic E-state index is 0.0162. The van der Waals surface area contributed by atoms with Crippen molar-refractivity contribution in [3.63, 3.8) is 0 Å². The third kappa shape index (κ3) is 3.98. The first-order valence-electron chi connectivity index (χ1n) is 9.27. The smallest absolute Gasteiger partial charge is 0.270 e. The molecule has 1 saturated carbocycles. The van der Waals surface area contributed by atoms with Crippen molar-refractivity contribution >= 4 is 5.91 Å². The molecular formula is C18H30N4O2. The van der Waals surface area contributed by atoms with E-state index in [2.05, 4.69) is 22.2 Å². The molecule has 0 radical (unpaired) electrons. The lowest BCUT2D eigenvalue weighted by Crippen LogP contribution is -2.55. The number of ether oxygens (including phenoxy) is 1. The zero-order chi connectivity index (χ0) is 17.0. The summed E-state index contributed by atoms with van der Waals surface area (Å²) in [7, 11) is 1.86. The first-order chi connectivity index (χ1) is 11.6. The summed E-state index contributed by atoms with van der Waals surface area (Å²) in [5.74, 6) is 0.0162. The zero-order valence-electron chi connectivity index (χ0n) is 15.0. The van der Waals surface area contributed by atoms with Gasteiger partial charge in [-0.05, 0) is 25.3 Å². The Labute approximate surface area is 144 Å². The molecule has 24 heavy (non-hydrogen) atoms. The Morgan fingerprint density at radius 2 is 2.04 bits per heavy atom. The van der Waals surface area contributed by atoms with Crippen LogP contribution < -0.4 is 5.32 Å². The molecule has 0 atom stereocenters. The summed E-state index contributed by atoms with van der Waals surface area (Å²) in [5, 5.41) is 7.83. The topological polar surface area (TPSA) is 59.4 Å². The van der Waals surface area contributed by atoms with Crippen molar-refractivity contribution in [1.29, 1.82) is 0 Å². The number of morpholine rings is 1. The Morgan fingerprint density at radius 3 is 2.71 bits per heavy atom. The van der Waals surface area contributed by atoms with E-state index < -0.39 is 0 Å². The molecule has 134 valence electrons. The van der Waals surface area contributed by atoms with Crippen LogP contribution >= 0.6 is 0 Å². The second-order valence-corrected chi connectivity index (χ2v) is 7.22. The van der Waals surface area contributed by atoms with Crippen LogP contribution in [0.4, 0.5) is 0 Å². The molecule has 1 saturated heterocycles. The van der Waals surface area contributed by atoms with Crippen molar-refractivity contribution in [3.8, 4) is 0 Å². The molecule has 1 aliphatic heterocycles. The SMILES string of the molecule is CCCc1cc(C(=O)NC2(CN3CCOCC3)CCCC2)n(C)n1. The molecular weight excluding hydrogens is 304 g/mol. The van der Waals surface area contributed by atoms with Gasteiger partial charge in [0.2, 0.25) is 0 Å². The Balaban J connectivity index is 1.69. The fraction of sp³-hybridized carbons (Fsp3) is 0.778. The minimum Gasteiger partial charge on any atom is -0.379 e. The Bertz CT molecular complexity index is 557. The third-order valence-corrected chi connectivity index (χ3v) is 5.24. The molecule has 1 aromatic rings. The lowest BCUT2D eigenvalue weighted by atomic mass is 9.96. The summed E-state index contributed by atoms with van der Waals surface area (Å²) in [6, 6.07) is 1.94. The number of aromatic nitrogens is 2. The molecule has 1 aromatic heterocycles. The van der Waals surface area contributed by atoms with Gasteiger partial charge >= 0.3 is 0 Å². The maximum atomic E-state index is 12.9. The number of aryl methyl sites for hydroxylation is 2. The normalized spacial score (nSPS) is 21.1. The van der Waals surface area contributed by atoms with E-state index in [1.54, 1.807) is 4.68 Å². The second kappa shape index (κ2) is 7.66. The van der Waals surface area contributed by atoms with E-state index in [9.17, 15) is 4.79 Å². The first kappa shape index (κ1) is 17.4. The zero-order valence-corrected chi connectivity index (χ0v) is 15.0. The molecule has 1 amide bonds. The highest BCUT2D eigenvalue weighted by molar-refractivity contribution is 5.93. The summed E-state index contributed by atoms with van der Waals surface area (Å²) in [6.45, 7) is 6.58. The van der Waals surface area contributed by atoms with E-state index in [1.165, 1.54) is 12.8 Å². The number of amides is 1. The quantitative estimate of drug-likeness (QED) is 0.861. The lowest BCUT2D eigenvalue weighted by molar-refractivity contribution is 0.0237. The highest BCUT2D eigenvalue weighted by atomic mass is 16.5. The van der Waals surface area contributed by atoms with Gasteiger partial charge in [-0.2, -0.15) is 5.10 Å². The van der Waals surface area contributed by atoms with E-state index in [-0.39, 0.29) is 11.4 Å². The summed E-state index contributed by atoms with van der Waals surface area (Å²) in [4.78, 5) is 15.3. The van der Waals surface area contributed by atoms with E-state index >= 15 is 0 Å². The molecule has 2 aliphatic rings. The van der Waals surface area contributed by atoms with Gasteiger partial charge in [0.15, 0.2) is 0 Å². The average molecular weight is 334 g/mol. The Hall–Kier alpha value is -1.40. The Kier molecular flexibility index (Phi) is 5.56. The third-order valence-electron chi connectivity index (χ3n) is 5.24. The fourth-order valence-electron chi connectivity index (χ4n) is 3.98. The molecule has 2 heterocycles. The van der Waals surface area contributed by atoms with Gasteiger partial charge in [-0.3, -0.25) is 14.4 Å². The van der Waals surface area contributed by atoms with Gasteiger partial charge in [-0.15, -0.1) is 0 Å². The molecule has 0 bridgehead atoms. The molecule has 2 fully saturated rings. The highest BCUT2D eigenvalue weighted by Gasteiger charge is 2.38. The largest absolute Gasteiger partial charge is 0.379 e. The summed E-state index contributed by atoms with van der Waals surface area (Å²) < 4.78 is 7.17. The van der Waals surface area contributed by atoms with E-state index in [4.69, 9.17) is 4.74 Å². The maximum Gasteiger partial charge on any atom is 0.270 e. The van der Waals surface area contributed by atoms with Crippen LogP contribution in [0.15, 0.2) is 6.07 Å². The number of hydrogen-bond acceptors (Lipinski definition) is 4. The van der Waals surface area contributed by atoms with Crippen LogP contribution in [0.3, 0.4) is 0 Å². The number of rotatable bonds is 6. The van der Waals surface area contributed by atoms with Gasteiger partial charge in [0.1, 0.15) is 5.69 Å². The second-order valence-electron chi connectivity index (χ2n) is 7.22. The molecule has 6 nitrogen and oxygen atoms in total. The number of nitrogens with zero attached hydrogens (tertiary/aromatic N) is 3. The van der Waals surface area contributed by atoms with Crippen molar-refractivity contribution in [2.75, 3.05) is 32.8 Å². The molecule has 0 aromatic carbocycles. The van der Waals surface area contributed by atoms with Crippen LogP contribution in [0.25, 0.3) is 0 Å². The van der Waals surface area contributed by atoms with Gasteiger partial charge in [0.25, 0.3) is 5.91 Å². The summed E-state index contributed by atoms with van der Waals surface area (Å²) in [6.07, 6.45) is 6.47. The standard InChI is InChI=1S/C18H30N4O2/c1-3-6-15-13-16(21(2)20-15)17(23)19-18(7-4-5-8-18)14-22-9-11-24-12-10-22/h13H,3-12,14H2,1-2H3,(H,19,23). The van der Waals surface area contributed by atoms with Gasteiger partial charge in [0, 0.05) is 26.7 Å². The van der Waals surface area contributed by atoms with Crippen molar-refractivity contribution < 1.29 is 9.53 Å². The van der Waals surface area contributed by atoms with Gasteiger partial charge < -0.3 is 10.1 Å². The maximum absolute atomic E-state index is 12.9. The predicted molar refractivity (Wildman–Crippen MR) is 93.1 cm³/mol. The van der Waals surface area contributed by atoms with E-state index in [0.717, 1.165) is 64.2 Å². The van der Waals surface area contributed by atoms with Crippen LogP contribution in [0, 0.1) is 0 Å². The van der Waals surface area contributed by atoms with Crippen molar-refractivity contribution in [2.45, 2.75) is 51.0 Å². The van der Waals surface area contributed by atoms with Crippen LogP contribution in [0.2, 0.25) is 0 Å². The summed E-state index contributed by atoms with van der Waals surface area (Å²) >= 11 is 0. The molecule has 0 unspecified atom stereocenters. The van der Waals surface area contributed by atoms with E-state index in [0.29, 0.717) is 5.69 Å².